The summed E-state index contributed by atoms with van der Waals surface area (Å²) >= 11 is 0. The van der Waals surface area contributed by atoms with Gasteiger partial charge in [0.05, 0.1) is 0 Å². The lowest BCUT2D eigenvalue weighted by atomic mass is 9.96. The summed E-state index contributed by atoms with van der Waals surface area (Å²) in [6, 6.07) is 12.8. The van der Waals surface area contributed by atoms with Crippen molar-refractivity contribution in [3.05, 3.63) is 48.7 Å². The van der Waals surface area contributed by atoms with E-state index in [0.29, 0.717) is 44.8 Å². The molecule has 0 aliphatic carbocycles. The van der Waals surface area contributed by atoms with Crippen LogP contribution in [0.4, 0.5) is 11.5 Å². The number of piperidine rings is 2. The lowest BCUT2D eigenvalue weighted by Gasteiger charge is -2.34. The molecule has 2 aromatic rings. The maximum absolute atomic E-state index is 13.2. The van der Waals surface area contributed by atoms with E-state index in [2.05, 4.69) is 10.3 Å². The first-order chi connectivity index (χ1) is 14.6. The molecule has 1 aromatic heterocycles. The van der Waals surface area contributed by atoms with Crippen molar-refractivity contribution >= 4 is 27.4 Å². The molecule has 2 fully saturated rings. The van der Waals surface area contributed by atoms with Crippen molar-refractivity contribution in [2.75, 3.05) is 36.4 Å². The standard InChI is InChI=1S/C22H28N4O3S/c27-22(24-19-8-3-1-4-9-19)18-11-16-25(17-12-18)21-20(10-7-13-23-21)30(28,29)26-14-5-2-6-15-26/h1,3-4,7-10,13,18H,2,5-6,11-12,14-17H2,(H,24,27). The van der Waals surface area contributed by atoms with E-state index < -0.39 is 10.0 Å². The second-order valence-corrected chi connectivity index (χ2v) is 9.81. The quantitative estimate of drug-likeness (QED) is 0.791. The highest BCUT2D eigenvalue weighted by atomic mass is 32.2. The van der Waals surface area contributed by atoms with Crippen LogP contribution in [0, 0.1) is 5.92 Å². The van der Waals surface area contributed by atoms with Gasteiger partial charge in [0.15, 0.2) is 0 Å². The van der Waals surface area contributed by atoms with E-state index >= 15 is 0 Å². The Morgan fingerprint density at radius 2 is 1.63 bits per heavy atom. The molecule has 2 aliphatic heterocycles. The van der Waals surface area contributed by atoms with E-state index in [1.165, 1.54) is 0 Å². The molecule has 0 saturated carbocycles. The van der Waals surface area contributed by atoms with Gasteiger partial charge < -0.3 is 10.2 Å². The van der Waals surface area contributed by atoms with Crippen molar-refractivity contribution in [3.63, 3.8) is 0 Å². The number of hydrogen-bond acceptors (Lipinski definition) is 5. The van der Waals surface area contributed by atoms with Crippen LogP contribution >= 0.6 is 0 Å². The Balaban J connectivity index is 1.44. The predicted molar refractivity (Wildman–Crippen MR) is 117 cm³/mol. The summed E-state index contributed by atoms with van der Waals surface area (Å²) in [5.74, 6) is 0.431. The van der Waals surface area contributed by atoms with E-state index in [9.17, 15) is 13.2 Å². The minimum Gasteiger partial charge on any atom is -0.355 e. The molecule has 160 valence electrons. The second-order valence-electron chi connectivity index (χ2n) is 7.91. The van der Waals surface area contributed by atoms with Crippen LogP contribution in [0.3, 0.4) is 0 Å². The van der Waals surface area contributed by atoms with Gasteiger partial charge in [0.25, 0.3) is 0 Å². The lowest BCUT2D eigenvalue weighted by molar-refractivity contribution is -0.120. The van der Waals surface area contributed by atoms with Crippen molar-refractivity contribution in [1.29, 1.82) is 0 Å². The summed E-state index contributed by atoms with van der Waals surface area (Å²) in [4.78, 5) is 19.3. The summed E-state index contributed by atoms with van der Waals surface area (Å²) in [6.07, 6.45) is 5.84. The Morgan fingerprint density at radius 3 is 2.33 bits per heavy atom. The summed E-state index contributed by atoms with van der Waals surface area (Å²) in [5.41, 5.74) is 0.796. The normalized spacial score (nSPS) is 18.9. The maximum atomic E-state index is 13.2. The third-order valence-corrected chi connectivity index (χ3v) is 7.81. The molecule has 4 rings (SSSR count). The van der Waals surface area contributed by atoms with Gasteiger partial charge in [0.2, 0.25) is 15.9 Å². The van der Waals surface area contributed by atoms with E-state index in [1.54, 1.807) is 22.6 Å². The van der Waals surface area contributed by atoms with Crippen LogP contribution in [0.1, 0.15) is 32.1 Å². The summed E-state index contributed by atoms with van der Waals surface area (Å²) in [7, 11) is -3.56. The topological polar surface area (TPSA) is 82.6 Å². The van der Waals surface area contributed by atoms with Gasteiger partial charge in [-0.15, -0.1) is 0 Å². The van der Waals surface area contributed by atoms with Crippen molar-refractivity contribution in [2.24, 2.45) is 5.92 Å². The Bertz CT molecular complexity index is 967. The Morgan fingerprint density at radius 1 is 0.933 bits per heavy atom. The van der Waals surface area contributed by atoms with E-state index in [-0.39, 0.29) is 16.7 Å². The molecule has 2 aliphatic rings. The SMILES string of the molecule is O=C(Nc1ccccc1)C1CCN(c2ncccc2S(=O)(=O)N2CCCCC2)CC1. The molecule has 8 heteroatoms. The second kappa shape index (κ2) is 9.14. The highest BCUT2D eigenvalue weighted by molar-refractivity contribution is 7.89. The van der Waals surface area contributed by atoms with Gasteiger partial charge in [-0.25, -0.2) is 13.4 Å². The molecule has 0 unspecified atom stereocenters. The number of pyridine rings is 1. The minimum atomic E-state index is -3.56. The number of nitrogens with zero attached hydrogens (tertiary/aromatic N) is 3. The molecule has 0 radical (unpaired) electrons. The Kier molecular flexibility index (Phi) is 6.34. The van der Waals surface area contributed by atoms with Crippen LogP contribution in [0.15, 0.2) is 53.6 Å². The van der Waals surface area contributed by atoms with E-state index in [4.69, 9.17) is 0 Å². The number of anilines is 2. The van der Waals surface area contributed by atoms with Crippen LogP contribution in [0.25, 0.3) is 0 Å². The average Bonchev–Trinajstić information content (AvgIpc) is 2.80. The molecule has 2 saturated heterocycles. The van der Waals surface area contributed by atoms with Crippen molar-refractivity contribution < 1.29 is 13.2 Å². The molecule has 0 atom stereocenters. The van der Waals surface area contributed by atoms with Crippen LogP contribution < -0.4 is 10.2 Å². The minimum absolute atomic E-state index is 0.0167. The van der Waals surface area contributed by atoms with Gasteiger partial charge in [0, 0.05) is 44.0 Å². The molecule has 0 spiro atoms. The molecule has 7 nitrogen and oxygen atoms in total. The summed E-state index contributed by atoms with van der Waals surface area (Å²) in [6.45, 7) is 2.34. The number of hydrogen-bond donors (Lipinski definition) is 1. The number of nitrogens with one attached hydrogen (secondary N) is 1. The highest BCUT2D eigenvalue weighted by Crippen LogP contribution is 2.30. The van der Waals surface area contributed by atoms with Crippen LogP contribution in [0.5, 0.6) is 0 Å². The number of amides is 1. The summed E-state index contributed by atoms with van der Waals surface area (Å²) in [5, 5.41) is 2.97. The van der Waals surface area contributed by atoms with E-state index in [0.717, 1.165) is 24.9 Å². The van der Waals surface area contributed by atoms with Gasteiger partial charge in [-0.1, -0.05) is 24.6 Å². The fraction of sp³-hybridized carbons (Fsp3) is 0.455. The zero-order valence-electron chi connectivity index (χ0n) is 17.0. The van der Waals surface area contributed by atoms with Gasteiger partial charge in [-0.2, -0.15) is 4.31 Å². The third kappa shape index (κ3) is 4.49. The molecule has 0 bridgehead atoms. The molecule has 3 heterocycles. The fourth-order valence-corrected chi connectivity index (χ4v) is 5.86. The van der Waals surface area contributed by atoms with Crippen LogP contribution in [0.2, 0.25) is 0 Å². The molecular weight excluding hydrogens is 400 g/mol. The smallest absolute Gasteiger partial charge is 0.246 e. The van der Waals surface area contributed by atoms with E-state index in [1.807, 2.05) is 35.2 Å². The van der Waals surface area contributed by atoms with Crippen molar-refractivity contribution in [1.82, 2.24) is 9.29 Å². The van der Waals surface area contributed by atoms with Crippen LogP contribution in [-0.2, 0) is 14.8 Å². The first-order valence-corrected chi connectivity index (χ1v) is 12.1. The number of sulfonamides is 1. The van der Waals surface area contributed by atoms with Crippen molar-refractivity contribution in [2.45, 2.75) is 37.0 Å². The summed E-state index contributed by atoms with van der Waals surface area (Å²) < 4.78 is 28.0. The monoisotopic (exact) mass is 428 g/mol. The number of rotatable bonds is 5. The predicted octanol–water partition coefficient (Wildman–Crippen LogP) is 3.11. The number of carbonyl (C=O) groups is 1. The number of para-hydroxylation sites is 1. The lowest BCUT2D eigenvalue weighted by Crippen LogP contribution is -2.40. The Labute approximate surface area is 178 Å². The Hall–Kier alpha value is -2.45. The molecule has 1 amide bonds. The number of aromatic nitrogens is 1. The first kappa shape index (κ1) is 20.8. The zero-order valence-corrected chi connectivity index (χ0v) is 17.9. The average molecular weight is 429 g/mol. The third-order valence-electron chi connectivity index (χ3n) is 5.89. The zero-order chi connectivity index (χ0) is 21.0. The largest absolute Gasteiger partial charge is 0.355 e. The maximum Gasteiger partial charge on any atom is 0.246 e. The van der Waals surface area contributed by atoms with Gasteiger partial charge in [-0.3, -0.25) is 4.79 Å². The number of benzene rings is 1. The molecule has 1 aromatic carbocycles. The molecule has 1 N–H and O–H groups in total. The van der Waals surface area contributed by atoms with Gasteiger partial charge in [-0.05, 0) is 49.9 Å². The van der Waals surface area contributed by atoms with Gasteiger partial charge >= 0.3 is 0 Å². The highest BCUT2D eigenvalue weighted by Gasteiger charge is 2.32. The molecular formula is C22H28N4O3S. The first-order valence-electron chi connectivity index (χ1n) is 10.6. The van der Waals surface area contributed by atoms with Gasteiger partial charge in [0.1, 0.15) is 10.7 Å². The number of carbonyl (C=O) groups excluding carboxylic acids is 1. The molecule has 30 heavy (non-hydrogen) atoms. The van der Waals surface area contributed by atoms with Crippen LogP contribution in [-0.4, -0.2) is 49.8 Å². The fourth-order valence-electron chi connectivity index (χ4n) is 4.18. The van der Waals surface area contributed by atoms with Crippen molar-refractivity contribution in [3.8, 4) is 0 Å².